The Bertz CT molecular complexity index is 1060. The van der Waals surface area contributed by atoms with Crippen LogP contribution in [0.1, 0.15) is 43.9 Å². The van der Waals surface area contributed by atoms with Crippen LogP contribution in [0.4, 0.5) is 10.3 Å². The number of sulfonamides is 1. The average molecular weight is 450 g/mol. The molecule has 7 nitrogen and oxygen atoms in total. The molecule has 31 heavy (non-hydrogen) atoms. The first-order valence-corrected chi connectivity index (χ1v) is 12.0. The second-order valence-electron chi connectivity index (χ2n) is 8.01. The van der Waals surface area contributed by atoms with E-state index in [1.807, 2.05) is 26.0 Å². The summed E-state index contributed by atoms with van der Waals surface area (Å²) in [4.78, 5) is 9.07. The van der Waals surface area contributed by atoms with Crippen LogP contribution < -0.4 is 4.31 Å². The number of ether oxygens (including phenoxy) is 1. The molecule has 0 bridgehead atoms. The minimum Gasteiger partial charge on any atom is -0.393 e. The third kappa shape index (κ3) is 5.66. The molecule has 0 radical (unpaired) electrons. The van der Waals surface area contributed by atoms with Crippen LogP contribution in [0, 0.1) is 5.82 Å². The molecular formula is C22H28FN3O4S. The van der Waals surface area contributed by atoms with Crippen LogP contribution in [0.15, 0.2) is 30.3 Å². The predicted molar refractivity (Wildman–Crippen MR) is 119 cm³/mol. The molecule has 0 spiro atoms. The van der Waals surface area contributed by atoms with Crippen molar-refractivity contribution in [2.45, 2.75) is 44.8 Å². The fraction of sp³-hybridized carbons (Fsp3) is 0.455. The van der Waals surface area contributed by atoms with Crippen LogP contribution in [0.3, 0.4) is 0 Å². The summed E-state index contributed by atoms with van der Waals surface area (Å²) in [6, 6.07) is 5.87. The van der Waals surface area contributed by atoms with Gasteiger partial charge in [-0.2, -0.15) is 0 Å². The third-order valence-corrected chi connectivity index (χ3v) is 6.33. The Hall–Kier alpha value is -2.36. The van der Waals surface area contributed by atoms with Gasteiger partial charge in [-0.15, -0.1) is 0 Å². The number of rotatable bonds is 6. The third-order valence-electron chi connectivity index (χ3n) is 5.17. The first-order valence-electron chi connectivity index (χ1n) is 10.2. The van der Waals surface area contributed by atoms with Gasteiger partial charge in [-0.25, -0.2) is 27.1 Å². The van der Waals surface area contributed by atoms with Gasteiger partial charge in [0.1, 0.15) is 5.82 Å². The van der Waals surface area contributed by atoms with E-state index in [0.29, 0.717) is 42.0 Å². The van der Waals surface area contributed by atoms with Gasteiger partial charge in [0.2, 0.25) is 16.0 Å². The maximum atomic E-state index is 13.5. The fourth-order valence-corrected chi connectivity index (χ4v) is 3.72. The van der Waals surface area contributed by atoms with Crippen molar-refractivity contribution >= 4 is 22.0 Å². The van der Waals surface area contributed by atoms with E-state index in [1.54, 1.807) is 12.1 Å². The van der Waals surface area contributed by atoms with Gasteiger partial charge in [0, 0.05) is 31.2 Å². The largest absolute Gasteiger partial charge is 0.393 e. The van der Waals surface area contributed by atoms with E-state index < -0.39 is 16.1 Å². The highest BCUT2D eigenvalue weighted by atomic mass is 32.2. The molecule has 0 saturated carbocycles. The Morgan fingerprint density at radius 2 is 1.94 bits per heavy atom. The van der Waals surface area contributed by atoms with Gasteiger partial charge < -0.3 is 9.84 Å². The number of aliphatic hydroxyl groups excluding tert-OH is 1. The Labute approximate surface area is 182 Å². The van der Waals surface area contributed by atoms with Gasteiger partial charge in [0.05, 0.1) is 29.9 Å². The van der Waals surface area contributed by atoms with E-state index >= 15 is 0 Å². The number of halogens is 1. The van der Waals surface area contributed by atoms with Gasteiger partial charge in [0.15, 0.2) is 0 Å². The van der Waals surface area contributed by atoms with Crippen LogP contribution in [0.25, 0.3) is 17.3 Å². The second kappa shape index (κ2) is 9.42. The smallest absolute Gasteiger partial charge is 0.239 e. The molecule has 1 saturated heterocycles. The van der Waals surface area contributed by atoms with E-state index in [0.717, 1.165) is 10.6 Å². The van der Waals surface area contributed by atoms with Gasteiger partial charge in [-0.1, -0.05) is 26.0 Å². The lowest BCUT2D eigenvalue weighted by Gasteiger charge is -2.24. The fourth-order valence-electron chi connectivity index (χ4n) is 3.34. The van der Waals surface area contributed by atoms with E-state index in [1.165, 1.54) is 19.2 Å². The molecule has 2 aromatic rings. The van der Waals surface area contributed by atoms with Crippen molar-refractivity contribution in [1.82, 2.24) is 9.97 Å². The quantitative estimate of drug-likeness (QED) is 0.727. The number of anilines is 1. The number of nitrogens with zero attached hydrogens (tertiary/aromatic N) is 3. The SMILES string of the molecule is CC(C)c1nc(N(C)S(C)(=O)=O)nc(-c2ccc(F)cc2)c1C=CC1C[C@@H](O)CCO1. The van der Waals surface area contributed by atoms with Crippen LogP contribution in [-0.2, 0) is 14.8 Å². The lowest BCUT2D eigenvalue weighted by Crippen LogP contribution is -2.28. The van der Waals surface area contributed by atoms with Gasteiger partial charge in [0.25, 0.3) is 0 Å². The first-order chi connectivity index (χ1) is 14.6. The standard InChI is InChI=1S/C22H28FN3O4S/c1-14(2)20-19(10-9-18-13-17(27)11-12-30-18)21(15-5-7-16(23)8-6-15)25-22(24-20)26(3)31(4,28)29/h5-10,14,17-18,27H,11-13H2,1-4H3/t17-,18?/m0/s1. The lowest BCUT2D eigenvalue weighted by atomic mass is 9.97. The van der Waals surface area contributed by atoms with Gasteiger partial charge in [-0.05, 0) is 36.6 Å². The van der Waals surface area contributed by atoms with Crippen LogP contribution >= 0.6 is 0 Å². The molecule has 1 aliphatic rings. The van der Waals surface area contributed by atoms with Crippen molar-refractivity contribution in [3.8, 4) is 11.3 Å². The molecule has 9 heteroatoms. The Kier molecular flexibility index (Phi) is 7.08. The van der Waals surface area contributed by atoms with Crippen molar-refractivity contribution in [2.24, 2.45) is 0 Å². The Balaban J connectivity index is 2.17. The van der Waals surface area contributed by atoms with Crippen molar-refractivity contribution in [3.63, 3.8) is 0 Å². The monoisotopic (exact) mass is 449 g/mol. The predicted octanol–water partition coefficient (Wildman–Crippen LogP) is 3.36. The van der Waals surface area contributed by atoms with Crippen molar-refractivity contribution in [1.29, 1.82) is 0 Å². The summed E-state index contributed by atoms with van der Waals surface area (Å²) in [6.45, 7) is 4.39. The molecule has 2 heterocycles. The van der Waals surface area contributed by atoms with Crippen molar-refractivity contribution in [3.05, 3.63) is 47.4 Å². The number of aliphatic hydroxyl groups is 1. The molecule has 1 aromatic carbocycles. The first kappa shape index (κ1) is 23.3. The van der Waals surface area contributed by atoms with Crippen molar-refractivity contribution < 1.29 is 22.7 Å². The van der Waals surface area contributed by atoms with E-state index in [9.17, 15) is 17.9 Å². The Morgan fingerprint density at radius 3 is 2.52 bits per heavy atom. The van der Waals surface area contributed by atoms with E-state index in [-0.39, 0.29) is 23.8 Å². The van der Waals surface area contributed by atoms with E-state index in [4.69, 9.17) is 4.74 Å². The van der Waals surface area contributed by atoms with E-state index in [2.05, 4.69) is 9.97 Å². The number of hydrogen-bond acceptors (Lipinski definition) is 6. The molecule has 1 aliphatic heterocycles. The molecule has 0 aliphatic carbocycles. The van der Waals surface area contributed by atoms with Crippen molar-refractivity contribution in [2.75, 3.05) is 24.2 Å². The van der Waals surface area contributed by atoms with Gasteiger partial charge in [-0.3, -0.25) is 0 Å². The topological polar surface area (TPSA) is 92.6 Å². The summed E-state index contributed by atoms with van der Waals surface area (Å²) >= 11 is 0. The lowest BCUT2D eigenvalue weighted by molar-refractivity contribution is -0.0207. The molecule has 1 unspecified atom stereocenters. The number of hydrogen-bond donors (Lipinski definition) is 1. The normalized spacial score (nSPS) is 19.8. The molecule has 0 amide bonds. The Morgan fingerprint density at radius 1 is 1.26 bits per heavy atom. The molecule has 2 atom stereocenters. The summed E-state index contributed by atoms with van der Waals surface area (Å²) in [5.74, 6) is -0.365. The molecular weight excluding hydrogens is 421 g/mol. The molecule has 1 fully saturated rings. The molecule has 3 rings (SSSR count). The summed E-state index contributed by atoms with van der Waals surface area (Å²) in [6.07, 6.45) is 5.24. The van der Waals surface area contributed by atoms with Crippen LogP contribution in [0.2, 0.25) is 0 Å². The summed E-state index contributed by atoms with van der Waals surface area (Å²) in [7, 11) is -2.17. The maximum Gasteiger partial charge on any atom is 0.239 e. The molecule has 168 valence electrons. The zero-order chi connectivity index (χ0) is 22.8. The zero-order valence-electron chi connectivity index (χ0n) is 18.1. The summed E-state index contributed by atoms with van der Waals surface area (Å²) in [5, 5.41) is 9.92. The summed E-state index contributed by atoms with van der Waals surface area (Å²) in [5.41, 5.74) is 2.50. The number of aromatic nitrogens is 2. The highest BCUT2D eigenvalue weighted by Crippen LogP contribution is 2.32. The molecule has 1 N–H and O–H groups in total. The van der Waals surface area contributed by atoms with Crippen LogP contribution in [-0.4, -0.2) is 55.6 Å². The highest BCUT2D eigenvalue weighted by Gasteiger charge is 2.23. The second-order valence-corrected chi connectivity index (χ2v) is 10.0. The minimum atomic E-state index is -3.57. The zero-order valence-corrected chi connectivity index (χ0v) is 18.9. The highest BCUT2D eigenvalue weighted by molar-refractivity contribution is 7.92. The van der Waals surface area contributed by atoms with Gasteiger partial charge >= 0.3 is 0 Å². The minimum absolute atomic E-state index is 0.0357. The molecule has 1 aromatic heterocycles. The maximum absolute atomic E-state index is 13.5. The average Bonchev–Trinajstić information content (AvgIpc) is 2.71. The number of benzene rings is 1. The van der Waals surface area contributed by atoms with Crippen LogP contribution in [0.5, 0.6) is 0 Å². The summed E-state index contributed by atoms with van der Waals surface area (Å²) < 4.78 is 44.5.